The molecule has 0 spiro atoms. The summed E-state index contributed by atoms with van der Waals surface area (Å²) in [4.78, 5) is 11.7. The van der Waals surface area contributed by atoms with Crippen LogP contribution in [0.25, 0.3) is 0 Å². The maximum atomic E-state index is 11.7. The number of hydrogen-bond acceptors (Lipinski definition) is 3. The van der Waals surface area contributed by atoms with Gasteiger partial charge in [0.1, 0.15) is 5.75 Å². The third-order valence-electron chi connectivity index (χ3n) is 3.27. The lowest BCUT2D eigenvalue weighted by Crippen LogP contribution is -2.26. The molecule has 0 saturated heterocycles. The van der Waals surface area contributed by atoms with E-state index in [4.69, 9.17) is 4.74 Å². The summed E-state index contributed by atoms with van der Waals surface area (Å²) in [5.41, 5.74) is 4.65. The molecule has 1 aliphatic rings. The van der Waals surface area contributed by atoms with E-state index in [-0.39, 0.29) is 12.5 Å². The van der Waals surface area contributed by atoms with Crippen LogP contribution in [0.4, 0.5) is 0 Å². The normalized spacial score (nSPS) is 14.8. The summed E-state index contributed by atoms with van der Waals surface area (Å²) in [6.07, 6.45) is 5.59. The Balaban J connectivity index is 1.80. The number of aryl methyl sites for hydroxylation is 1. The number of carbonyl (C=O) groups is 1. The monoisotopic (exact) mass is 338 g/mol. The molecule has 108 valence electrons. The Hall–Kier alpha value is -1.36. The maximum Gasteiger partial charge on any atom is 0.277 e. The predicted octanol–water partition coefficient (Wildman–Crippen LogP) is 3.57. The lowest BCUT2D eigenvalue weighted by Gasteiger charge is -2.12. The molecule has 0 heterocycles. The number of nitrogens with one attached hydrogen (secondary N) is 1. The van der Waals surface area contributed by atoms with Gasteiger partial charge >= 0.3 is 0 Å². The van der Waals surface area contributed by atoms with Crippen molar-refractivity contribution in [3.8, 4) is 5.75 Å². The smallest absolute Gasteiger partial charge is 0.277 e. The molecule has 0 aliphatic heterocycles. The molecule has 20 heavy (non-hydrogen) atoms. The molecule has 1 N–H and O–H groups in total. The van der Waals surface area contributed by atoms with Gasteiger partial charge in [0.05, 0.1) is 0 Å². The van der Waals surface area contributed by atoms with E-state index in [2.05, 4.69) is 26.5 Å². The van der Waals surface area contributed by atoms with E-state index in [1.54, 1.807) is 0 Å². The highest BCUT2D eigenvalue weighted by Crippen LogP contribution is 2.22. The molecule has 5 heteroatoms. The molecule has 4 nitrogen and oxygen atoms in total. The quantitative estimate of drug-likeness (QED) is 0.853. The van der Waals surface area contributed by atoms with Gasteiger partial charge in [0.25, 0.3) is 5.91 Å². The second kappa shape index (κ2) is 7.43. The number of hydrazone groups is 1. The highest BCUT2D eigenvalue weighted by atomic mass is 79.9. The van der Waals surface area contributed by atoms with Gasteiger partial charge in [-0.1, -0.05) is 22.4 Å². The fourth-order valence-corrected chi connectivity index (χ4v) is 2.64. The Kier molecular flexibility index (Phi) is 5.59. The summed E-state index contributed by atoms with van der Waals surface area (Å²) in [7, 11) is 0. The Bertz CT molecular complexity index is 507. The summed E-state index contributed by atoms with van der Waals surface area (Å²) in [5, 5.41) is 4.16. The standard InChI is InChI=1S/C15H19BrN2O2/c1-11-9-12(16)7-8-14(11)20-10-15(19)18-17-13-5-3-2-4-6-13/h7-9H,2-6,10H2,1H3,(H,18,19). The Morgan fingerprint density at radius 1 is 1.35 bits per heavy atom. The molecule has 0 aromatic heterocycles. The van der Waals surface area contributed by atoms with Gasteiger partial charge < -0.3 is 4.74 Å². The first-order chi connectivity index (χ1) is 9.65. The minimum atomic E-state index is -0.217. The second-order valence-corrected chi connectivity index (χ2v) is 5.89. The van der Waals surface area contributed by atoms with Gasteiger partial charge in [-0.3, -0.25) is 4.79 Å². The fraction of sp³-hybridized carbons (Fsp3) is 0.467. The number of ether oxygens (including phenoxy) is 1. The van der Waals surface area contributed by atoms with Crippen molar-refractivity contribution in [3.63, 3.8) is 0 Å². The van der Waals surface area contributed by atoms with Crippen LogP contribution < -0.4 is 10.2 Å². The Labute approximate surface area is 127 Å². The topological polar surface area (TPSA) is 50.7 Å². The van der Waals surface area contributed by atoms with Crippen LogP contribution in [-0.2, 0) is 4.79 Å². The largest absolute Gasteiger partial charge is 0.483 e. The number of hydrogen-bond donors (Lipinski definition) is 1. The lowest BCUT2D eigenvalue weighted by molar-refractivity contribution is -0.123. The van der Waals surface area contributed by atoms with Crippen LogP contribution in [-0.4, -0.2) is 18.2 Å². The molecule has 1 aromatic carbocycles. The van der Waals surface area contributed by atoms with E-state index in [1.807, 2.05) is 25.1 Å². The van der Waals surface area contributed by atoms with Gasteiger partial charge in [0.2, 0.25) is 0 Å². The van der Waals surface area contributed by atoms with Gasteiger partial charge in [-0.2, -0.15) is 5.10 Å². The molecule has 1 aliphatic carbocycles. The average Bonchev–Trinajstić information content (AvgIpc) is 2.45. The van der Waals surface area contributed by atoms with Crippen molar-refractivity contribution < 1.29 is 9.53 Å². The second-order valence-electron chi connectivity index (χ2n) is 4.97. The van der Waals surface area contributed by atoms with Crippen LogP contribution >= 0.6 is 15.9 Å². The minimum absolute atomic E-state index is 0.0146. The molecular formula is C15H19BrN2O2. The molecule has 1 fully saturated rings. The van der Waals surface area contributed by atoms with E-state index in [0.29, 0.717) is 5.75 Å². The number of amides is 1. The Morgan fingerprint density at radius 2 is 2.10 bits per heavy atom. The molecule has 0 bridgehead atoms. The summed E-state index contributed by atoms with van der Waals surface area (Å²) < 4.78 is 6.49. The first-order valence-corrected chi connectivity index (χ1v) is 7.67. The van der Waals surface area contributed by atoms with Crippen molar-refractivity contribution in [2.24, 2.45) is 5.10 Å². The van der Waals surface area contributed by atoms with E-state index >= 15 is 0 Å². The van der Waals surface area contributed by atoms with E-state index in [1.165, 1.54) is 19.3 Å². The van der Waals surface area contributed by atoms with Gasteiger partial charge in [0, 0.05) is 10.2 Å². The van der Waals surface area contributed by atoms with Crippen LogP contribution in [0.2, 0.25) is 0 Å². The van der Waals surface area contributed by atoms with Crippen molar-refractivity contribution in [2.75, 3.05) is 6.61 Å². The molecule has 0 atom stereocenters. The summed E-state index contributed by atoms with van der Waals surface area (Å²) in [6.45, 7) is 1.93. The highest BCUT2D eigenvalue weighted by Gasteiger charge is 2.08. The summed E-state index contributed by atoms with van der Waals surface area (Å²) >= 11 is 3.39. The summed E-state index contributed by atoms with van der Waals surface area (Å²) in [6, 6.07) is 5.69. The van der Waals surface area contributed by atoms with Crippen molar-refractivity contribution in [1.82, 2.24) is 5.43 Å². The molecule has 1 aromatic rings. The zero-order valence-corrected chi connectivity index (χ0v) is 13.2. The van der Waals surface area contributed by atoms with Gasteiger partial charge in [0.15, 0.2) is 6.61 Å². The van der Waals surface area contributed by atoms with Crippen LogP contribution in [0.1, 0.15) is 37.7 Å². The molecule has 2 rings (SSSR count). The van der Waals surface area contributed by atoms with Gasteiger partial charge in [-0.15, -0.1) is 0 Å². The van der Waals surface area contributed by atoms with Gasteiger partial charge in [-0.05, 0) is 56.4 Å². The van der Waals surface area contributed by atoms with Crippen LogP contribution in [0, 0.1) is 6.92 Å². The number of nitrogens with zero attached hydrogens (tertiary/aromatic N) is 1. The highest BCUT2D eigenvalue weighted by molar-refractivity contribution is 9.10. The van der Waals surface area contributed by atoms with Crippen molar-refractivity contribution in [1.29, 1.82) is 0 Å². The van der Waals surface area contributed by atoms with E-state index < -0.39 is 0 Å². The average molecular weight is 339 g/mol. The van der Waals surface area contributed by atoms with Crippen molar-refractivity contribution >= 4 is 27.5 Å². The predicted molar refractivity (Wildman–Crippen MR) is 83.0 cm³/mol. The first-order valence-electron chi connectivity index (χ1n) is 6.88. The summed E-state index contributed by atoms with van der Waals surface area (Å²) in [5.74, 6) is 0.499. The molecule has 0 unspecified atom stereocenters. The zero-order chi connectivity index (χ0) is 14.4. The maximum absolute atomic E-state index is 11.7. The zero-order valence-electron chi connectivity index (χ0n) is 11.6. The van der Waals surface area contributed by atoms with Crippen molar-refractivity contribution in [3.05, 3.63) is 28.2 Å². The third-order valence-corrected chi connectivity index (χ3v) is 3.76. The lowest BCUT2D eigenvalue weighted by atomic mass is 9.99. The minimum Gasteiger partial charge on any atom is -0.483 e. The molecule has 1 saturated carbocycles. The fourth-order valence-electron chi connectivity index (χ4n) is 2.16. The number of rotatable bonds is 4. The number of carbonyl (C=O) groups excluding carboxylic acids is 1. The van der Waals surface area contributed by atoms with Crippen LogP contribution in [0.15, 0.2) is 27.8 Å². The third kappa shape index (κ3) is 4.63. The number of benzene rings is 1. The van der Waals surface area contributed by atoms with E-state index in [0.717, 1.165) is 28.6 Å². The molecule has 0 radical (unpaired) electrons. The molecule has 1 amide bonds. The first kappa shape index (κ1) is 15.0. The van der Waals surface area contributed by atoms with Crippen molar-refractivity contribution in [2.45, 2.75) is 39.0 Å². The van der Waals surface area contributed by atoms with Crippen LogP contribution in [0.3, 0.4) is 0 Å². The van der Waals surface area contributed by atoms with Crippen LogP contribution in [0.5, 0.6) is 5.75 Å². The SMILES string of the molecule is Cc1cc(Br)ccc1OCC(=O)NN=C1CCCCC1. The molecular weight excluding hydrogens is 320 g/mol. The Morgan fingerprint density at radius 3 is 2.80 bits per heavy atom. The number of halogens is 1. The van der Waals surface area contributed by atoms with E-state index in [9.17, 15) is 4.79 Å². The van der Waals surface area contributed by atoms with Gasteiger partial charge in [-0.25, -0.2) is 5.43 Å².